The highest BCUT2D eigenvalue weighted by molar-refractivity contribution is 7.91. The Kier molecular flexibility index (Phi) is 8.44. The van der Waals surface area contributed by atoms with Crippen LogP contribution in [0.5, 0.6) is 0 Å². The van der Waals surface area contributed by atoms with Crippen molar-refractivity contribution in [2.24, 2.45) is 10.9 Å². The van der Waals surface area contributed by atoms with Crippen LogP contribution in [0.4, 0.5) is 0 Å². The Morgan fingerprint density at radius 3 is 2.72 bits per heavy atom. The van der Waals surface area contributed by atoms with Crippen LogP contribution in [0, 0.1) is 5.92 Å². The van der Waals surface area contributed by atoms with E-state index in [1.165, 1.54) is 18.9 Å². The van der Waals surface area contributed by atoms with Crippen molar-refractivity contribution >= 4 is 38.9 Å². The first-order valence-corrected chi connectivity index (χ1v) is 11.0. The lowest BCUT2D eigenvalue weighted by Gasteiger charge is -2.12. The van der Waals surface area contributed by atoms with Gasteiger partial charge in [0.05, 0.1) is 4.34 Å². The Labute approximate surface area is 158 Å². The van der Waals surface area contributed by atoms with Gasteiger partial charge in [-0.25, -0.2) is 13.1 Å². The highest BCUT2D eigenvalue weighted by Crippen LogP contribution is 2.28. The highest BCUT2D eigenvalue weighted by Gasteiger charge is 2.20. The van der Waals surface area contributed by atoms with Crippen LogP contribution in [0.15, 0.2) is 21.3 Å². The Balaban J connectivity index is 1.55. The lowest BCUT2D eigenvalue weighted by molar-refractivity contribution is 0.123. The van der Waals surface area contributed by atoms with E-state index in [0.29, 0.717) is 16.8 Å². The summed E-state index contributed by atoms with van der Waals surface area (Å²) >= 11 is 6.80. The van der Waals surface area contributed by atoms with Crippen LogP contribution in [-0.4, -0.2) is 54.3 Å². The van der Waals surface area contributed by atoms with Gasteiger partial charge in [0.25, 0.3) is 0 Å². The standard InChI is InChI=1S/C15H25ClN4O3S2/c1-17-15(18-7-2-10-23-11-12-3-4-12)19-8-9-20-25(21,22)14-6-5-13(16)24-14/h5-6,12,20H,2-4,7-11H2,1H3,(H2,17,18,19). The molecular weight excluding hydrogens is 384 g/mol. The monoisotopic (exact) mass is 408 g/mol. The van der Waals surface area contributed by atoms with Gasteiger partial charge >= 0.3 is 0 Å². The van der Waals surface area contributed by atoms with Gasteiger partial charge < -0.3 is 15.4 Å². The molecule has 0 radical (unpaired) electrons. The van der Waals surface area contributed by atoms with Gasteiger partial charge in [0.2, 0.25) is 10.0 Å². The Morgan fingerprint density at radius 1 is 1.32 bits per heavy atom. The molecule has 1 saturated carbocycles. The van der Waals surface area contributed by atoms with Gasteiger partial charge in [-0.05, 0) is 37.3 Å². The fourth-order valence-electron chi connectivity index (χ4n) is 2.02. The Morgan fingerprint density at radius 2 is 2.08 bits per heavy atom. The van der Waals surface area contributed by atoms with Crippen LogP contribution in [-0.2, 0) is 14.8 Å². The normalized spacial score (nSPS) is 15.4. The second-order valence-electron chi connectivity index (χ2n) is 5.75. The molecule has 1 aliphatic rings. The molecule has 1 aliphatic carbocycles. The van der Waals surface area contributed by atoms with E-state index in [1.54, 1.807) is 13.1 Å². The van der Waals surface area contributed by atoms with Crippen molar-refractivity contribution in [1.82, 2.24) is 15.4 Å². The third kappa shape index (κ3) is 7.91. The minimum Gasteiger partial charge on any atom is -0.381 e. The first-order valence-electron chi connectivity index (χ1n) is 8.28. The molecular formula is C15H25ClN4O3S2. The second kappa shape index (κ2) is 10.3. The van der Waals surface area contributed by atoms with Gasteiger partial charge in [-0.15, -0.1) is 11.3 Å². The molecule has 0 saturated heterocycles. The predicted octanol–water partition coefficient (Wildman–Crippen LogP) is 1.66. The summed E-state index contributed by atoms with van der Waals surface area (Å²) in [6.07, 6.45) is 3.51. The summed E-state index contributed by atoms with van der Waals surface area (Å²) in [4.78, 5) is 4.10. The largest absolute Gasteiger partial charge is 0.381 e. The molecule has 0 aliphatic heterocycles. The number of nitrogens with one attached hydrogen (secondary N) is 3. The topological polar surface area (TPSA) is 91.8 Å². The summed E-state index contributed by atoms with van der Waals surface area (Å²) in [6.45, 7) is 3.05. The smallest absolute Gasteiger partial charge is 0.250 e. The fourth-order valence-corrected chi connectivity index (χ4v) is 4.57. The van der Waals surface area contributed by atoms with Crippen LogP contribution in [0.1, 0.15) is 19.3 Å². The molecule has 25 heavy (non-hydrogen) atoms. The van der Waals surface area contributed by atoms with Crippen LogP contribution in [0.25, 0.3) is 0 Å². The molecule has 1 aromatic heterocycles. The van der Waals surface area contributed by atoms with Gasteiger partial charge in [0.15, 0.2) is 5.96 Å². The maximum Gasteiger partial charge on any atom is 0.250 e. The van der Waals surface area contributed by atoms with Gasteiger partial charge in [-0.3, -0.25) is 4.99 Å². The summed E-state index contributed by atoms with van der Waals surface area (Å²) in [5.74, 6) is 1.43. The molecule has 0 spiro atoms. The minimum atomic E-state index is -3.51. The van der Waals surface area contributed by atoms with E-state index in [4.69, 9.17) is 16.3 Å². The summed E-state index contributed by atoms with van der Waals surface area (Å²) in [6, 6.07) is 3.06. The van der Waals surface area contributed by atoms with Crippen LogP contribution >= 0.6 is 22.9 Å². The Hall–Kier alpha value is -0.870. The number of nitrogens with zero attached hydrogens (tertiary/aromatic N) is 1. The lowest BCUT2D eigenvalue weighted by atomic mass is 10.4. The third-order valence-electron chi connectivity index (χ3n) is 3.55. The van der Waals surface area contributed by atoms with E-state index in [1.807, 2.05) is 0 Å². The predicted molar refractivity (Wildman–Crippen MR) is 102 cm³/mol. The van der Waals surface area contributed by atoms with Crippen LogP contribution in [0.3, 0.4) is 0 Å². The number of hydrogen-bond acceptors (Lipinski definition) is 5. The van der Waals surface area contributed by atoms with E-state index in [9.17, 15) is 8.42 Å². The van der Waals surface area contributed by atoms with Crippen molar-refractivity contribution in [3.8, 4) is 0 Å². The summed E-state index contributed by atoms with van der Waals surface area (Å²) in [5.41, 5.74) is 0. The van der Waals surface area contributed by atoms with Crippen LogP contribution in [0.2, 0.25) is 4.34 Å². The molecule has 0 bridgehead atoms. The van der Waals surface area contributed by atoms with E-state index in [-0.39, 0.29) is 10.8 Å². The molecule has 7 nitrogen and oxygen atoms in total. The molecule has 3 N–H and O–H groups in total. The SMILES string of the molecule is CN=C(NCCCOCC1CC1)NCCNS(=O)(=O)c1ccc(Cl)s1. The number of sulfonamides is 1. The fraction of sp³-hybridized carbons (Fsp3) is 0.667. The van der Waals surface area contributed by atoms with E-state index >= 15 is 0 Å². The van der Waals surface area contributed by atoms with Gasteiger partial charge in [-0.2, -0.15) is 0 Å². The van der Waals surface area contributed by atoms with E-state index < -0.39 is 10.0 Å². The number of guanidine groups is 1. The zero-order chi connectivity index (χ0) is 18.1. The summed E-state index contributed by atoms with van der Waals surface area (Å²) < 4.78 is 32.8. The van der Waals surface area contributed by atoms with Crippen LogP contribution < -0.4 is 15.4 Å². The summed E-state index contributed by atoms with van der Waals surface area (Å²) in [7, 11) is -1.83. The second-order valence-corrected chi connectivity index (χ2v) is 9.46. The highest BCUT2D eigenvalue weighted by atomic mass is 35.5. The lowest BCUT2D eigenvalue weighted by Crippen LogP contribution is -2.41. The summed E-state index contributed by atoms with van der Waals surface area (Å²) in [5, 5.41) is 6.24. The number of hydrogen-bond donors (Lipinski definition) is 3. The van der Waals surface area contributed by atoms with Crippen molar-refractivity contribution in [2.45, 2.75) is 23.5 Å². The van der Waals surface area contributed by atoms with Crippen molar-refractivity contribution in [1.29, 1.82) is 0 Å². The number of rotatable bonds is 11. The van der Waals surface area contributed by atoms with Crippen molar-refractivity contribution in [3.05, 3.63) is 16.5 Å². The number of halogens is 1. The molecule has 2 rings (SSSR count). The van der Waals surface area contributed by atoms with Gasteiger partial charge in [0.1, 0.15) is 4.21 Å². The molecule has 0 aromatic carbocycles. The molecule has 0 atom stereocenters. The Bertz CT molecular complexity index is 659. The third-order valence-corrected chi connectivity index (χ3v) is 6.74. The maximum absolute atomic E-state index is 12.0. The van der Waals surface area contributed by atoms with Crippen molar-refractivity contribution in [2.75, 3.05) is 39.9 Å². The molecule has 1 fully saturated rings. The van der Waals surface area contributed by atoms with Crippen molar-refractivity contribution < 1.29 is 13.2 Å². The minimum absolute atomic E-state index is 0.214. The molecule has 1 aromatic rings. The number of thiophene rings is 1. The molecule has 0 unspecified atom stereocenters. The number of aliphatic imine (C=N–C) groups is 1. The van der Waals surface area contributed by atoms with Crippen molar-refractivity contribution in [3.63, 3.8) is 0 Å². The first kappa shape index (κ1) is 20.4. The van der Waals surface area contributed by atoms with Gasteiger partial charge in [0, 0.05) is 39.9 Å². The molecule has 142 valence electrons. The van der Waals surface area contributed by atoms with E-state index in [0.717, 1.165) is 43.4 Å². The molecule has 10 heteroatoms. The first-order chi connectivity index (χ1) is 12.0. The number of ether oxygens (including phenoxy) is 1. The average molecular weight is 409 g/mol. The molecule has 1 heterocycles. The average Bonchev–Trinajstić information content (AvgIpc) is 3.30. The maximum atomic E-state index is 12.0. The van der Waals surface area contributed by atoms with Gasteiger partial charge in [-0.1, -0.05) is 11.6 Å². The quantitative estimate of drug-likeness (QED) is 0.294. The van der Waals surface area contributed by atoms with E-state index in [2.05, 4.69) is 20.3 Å². The zero-order valence-corrected chi connectivity index (χ0v) is 16.6. The zero-order valence-electron chi connectivity index (χ0n) is 14.3. The molecule has 0 amide bonds.